The second-order valence-corrected chi connectivity index (χ2v) is 10.7. The summed E-state index contributed by atoms with van der Waals surface area (Å²) in [4.78, 5) is 7.56. The SMILES string of the molecule is c1ccc(N2CCN(CCNCc3cc(-c4ccc(N5CCCCC5)cc4)n(-c4ccccc4)n3)CC2)cc1. The Morgan fingerprint density at radius 1 is 0.615 bits per heavy atom. The molecular weight excluding hydrogens is 480 g/mol. The number of piperazine rings is 1. The van der Waals surface area contributed by atoms with Gasteiger partial charge in [-0.15, -0.1) is 0 Å². The van der Waals surface area contributed by atoms with Gasteiger partial charge in [-0.25, -0.2) is 4.68 Å². The van der Waals surface area contributed by atoms with Crippen molar-refractivity contribution >= 4 is 11.4 Å². The van der Waals surface area contributed by atoms with E-state index in [1.54, 1.807) is 0 Å². The number of hydrogen-bond acceptors (Lipinski definition) is 5. The Hall–Kier alpha value is -3.61. The summed E-state index contributed by atoms with van der Waals surface area (Å²) < 4.78 is 2.09. The first-order chi connectivity index (χ1) is 19.3. The van der Waals surface area contributed by atoms with E-state index in [0.717, 1.165) is 62.9 Å². The van der Waals surface area contributed by atoms with Gasteiger partial charge in [0.05, 0.1) is 17.1 Å². The number of para-hydroxylation sites is 2. The lowest BCUT2D eigenvalue weighted by atomic mass is 10.1. The lowest BCUT2D eigenvalue weighted by molar-refractivity contribution is 0.257. The first-order valence-electron chi connectivity index (χ1n) is 14.6. The van der Waals surface area contributed by atoms with E-state index in [9.17, 15) is 0 Å². The van der Waals surface area contributed by atoms with Crippen LogP contribution in [0.15, 0.2) is 91.0 Å². The minimum absolute atomic E-state index is 0.767. The standard InChI is InChI=1S/C33H40N6/c1-4-10-30(11-5-1)38-24-22-36(23-25-38)21-18-34-27-29-26-33(39(35-29)32-12-6-2-7-13-32)28-14-16-31(17-15-28)37-19-8-3-9-20-37/h1-2,4-7,10-17,26,34H,3,8-9,18-25,27H2. The normalized spacial score (nSPS) is 16.5. The molecule has 6 nitrogen and oxygen atoms in total. The molecule has 0 atom stereocenters. The fraction of sp³-hybridized carbons (Fsp3) is 0.364. The molecule has 3 aromatic carbocycles. The van der Waals surface area contributed by atoms with Gasteiger partial charge in [0.25, 0.3) is 0 Å². The minimum atomic E-state index is 0.767. The van der Waals surface area contributed by atoms with E-state index in [4.69, 9.17) is 5.10 Å². The Balaban J connectivity index is 1.07. The van der Waals surface area contributed by atoms with Crippen molar-refractivity contribution in [3.05, 3.63) is 96.7 Å². The van der Waals surface area contributed by atoms with E-state index >= 15 is 0 Å². The number of aromatic nitrogens is 2. The van der Waals surface area contributed by atoms with E-state index in [-0.39, 0.29) is 0 Å². The first-order valence-corrected chi connectivity index (χ1v) is 14.6. The average molecular weight is 521 g/mol. The number of nitrogens with one attached hydrogen (secondary N) is 1. The summed E-state index contributed by atoms with van der Waals surface area (Å²) in [6.45, 7) is 9.52. The minimum Gasteiger partial charge on any atom is -0.372 e. The molecule has 39 heavy (non-hydrogen) atoms. The quantitative estimate of drug-likeness (QED) is 0.298. The zero-order chi connectivity index (χ0) is 26.3. The molecule has 2 aliphatic heterocycles. The Morgan fingerprint density at radius 2 is 1.23 bits per heavy atom. The van der Waals surface area contributed by atoms with Crippen LogP contribution >= 0.6 is 0 Å². The average Bonchev–Trinajstić information content (AvgIpc) is 3.45. The van der Waals surface area contributed by atoms with Crippen molar-refractivity contribution in [2.24, 2.45) is 0 Å². The molecule has 0 spiro atoms. The fourth-order valence-corrected chi connectivity index (χ4v) is 5.81. The summed E-state index contributed by atoms with van der Waals surface area (Å²) >= 11 is 0. The number of anilines is 2. The zero-order valence-corrected chi connectivity index (χ0v) is 22.9. The molecule has 202 valence electrons. The van der Waals surface area contributed by atoms with Crippen LogP contribution in [0.4, 0.5) is 11.4 Å². The van der Waals surface area contributed by atoms with E-state index in [1.807, 2.05) is 0 Å². The molecule has 0 aliphatic carbocycles. The number of nitrogens with zero attached hydrogens (tertiary/aromatic N) is 5. The lowest BCUT2D eigenvalue weighted by Crippen LogP contribution is -2.48. The molecule has 1 aromatic heterocycles. The van der Waals surface area contributed by atoms with E-state index in [1.165, 1.54) is 49.3 Å². The van der Waals surface area contributed by atoms with Crippen molar-refractivity contribution in [3.63, 3.8) is 0 Å². The van der Waals surface area contributed by atoms with Gasteiger partial charge >= 0.3 is 0 Å². The van der Waals surface area contributed by atoms with Gasteiger partial charge in [0.2, 0.25) is 0 Å². The second-order valence-electron chi connectivity index (χ2n) is 10.7. The van der Waals surface area contributed by atoms with Crippen LogP contribution in [0.1, 0.15) is 25.0 Å². The van der Waals surface area contributed by atoms with Crippen LogP contribution in [-0.4, -0.2) is 67.0 Å². The van der Waals surface area contributed by atoms with Gasteiger partial charge in [-0.1, -0.05) is 48.5 Å². The summed E-state index contributed by atoms with van der Waals surface area (Å²) in [6.07, 6.45) is 3.94. The highest BCUT2D eigenvalue weighted by molar-refractivity contribution is 5.66. The van der Waals surface area contributed by atoms with Gasteiger partial charge in [0.1, 0.15) is 0 Å². The molecular formula is C33H40N6. The van der Waals surface area contributed by atoms with Crippen LogP contribution in [0.25, 0.3) is 16.9 Å². The topological polar surface area (TPSA) is 39.6 Å². The third-order valence-electron chi connectivity index (χ3n) is 8.05. The van der Waals surface area contributed by atoms with Crippen molar-refractivity contribution in [1.29, 1.82) is 0 Å². The van der Waals surface area contributed by atoms with Crippen LogP contribution in [-0.2, 0) is 6.54 Å². The summed E-state index contributed by atoms with van der Waals surface area (Å²) in [7, 11) is 0. The summed E-state index contributed by atoms with van der Waals surface area (Å²) in [6, 6.07) is 32.5. The molecule has 0 radical (unpaired) electrons. The van der Waals surface area contributed by atoms with Crippen LogP contribution in [0, 0.1) is 0 Å². The maximum atomic E-state index is 5.02. The molecule has 6 heteroatoms. The predicted octanol–water partition coefficient (Wildman–Crippen LogP) is 5.44. The van der Waals surface area contributed by atoms with Gasteiger partial charge < -0.3 is 15.1 Å². The molecule has 6 rings (SSSR count). The van der Waals surface area contributed by atoms with Crippen LogP contribution in [0.3, 0.4) is 0 Å². The van der Waals surface area contributed by atoms with Crippen molar-refractivity contribution in [3.8, 4) is 16.9 Å². The Bertz CT molecular complexity index is 1290. The smallest absolute Gasteiger partial charge is 0.0773 e. The van der Waals surface area contributed by atoms with Crippen molar-refractivity contribution < 1.29 is 0 Å². The number of benzene rings is 3. The third kappa shape index (κ3) is 6.35. The van der Waals surface area contributed by atoms with Gasteiger partial charge in [-0.3, -0.25) is 4.90 Å². The first kappa shape index (κ1) is 25.7. The summed E-state index contributed by atoms with van der Waals surface area (Å²) in [5, 5.41) is 8.67. The van der Waals surface area contributed by atoms with E-state index in [0.29, 0.717) is 0 Å². The van der Waals surface area contributed by atoms with Gasteiger partial charge in [-0.05, 0) is 61.7 Å². The monoisotopic (exact) mass is 520 g/mol. The number of hydrogen-bond donors (Lipinski definition) is 1. The Kier molecular flexibility index (Phi) is 8.22. The van der Waals surface area contributed by atoms with E-state index < -0.39 is 0 Å². The largest absolute Gasteiger partial charge is 0.372 e. The van der Waals surface area contributed by atoms with Crippen LogP contribution in [0.2, 0.25) is 0 Å². The molecule has 0 amide bonds. The molecule has 2 saturated heterocycles. The highest BCUT2D eigenvalue weighted by atomic mass is 15.3. The maximum absolute atomic E-state index is 5.02. The summed E-state index contributed by atoms with van der Waals surface area (Å²) in [5.74, 6) is 0. The van der Waals surface area contributed by atoms with Crippen molar-refractivity contribution in [2.75, 3.05) is 62.2 Å². The van der Waals surface area contributed by atoms with Gasteiger partial charge in [-0.2, -0.15) is 5.10 Å². The molecule has 0 saturated carbocycles. The molecule has 3 heterocycles. The zero-order valence-electron chi connectivity index (χ0n) is 22.9. The van der Waals surface area contributed by atoms with Gasteiger partial charge in [0, 0.05) is 75.8 Å². The predicted molar refractivity (Wildman–Crippen MR) is 162 cm³/mol. The van der Waals surface area contributed by atoms with Gasteiger partial charge in [0.15, 0.2) is 0 Å². The highest BCUT2D eigenvalue weighted by Gasteiger charge is 2.17. The summed E-state index contributed by atoms with van der Waals surface area (Å²) in [5.41, 5.74) is 7.17. The van der Waals surface area contributed by atoms with Crippen LogP contribution in [0.5, 0.6) is 0 Å². The number of rotatable bonds is 9. The van der Waals surface area contributed by atoms with Crippen molar-refractivity contribution in [2.45, 2.75) is 25.8 Å². The molecule has 1 N–H and O–H groups in total. The fourth-order valence-electron chi connectivity index (χ4n) is 5.81. The lowest BCUT2D eigenvalue weighted by Gasteiger charge is -2.36. The Morgan fingerprint density at radius 3 is 1.92 bits per heavy atom. The Labute approximate surface area is 232 Å². The molecule has 4 aromatic rings. The highest BCUT2D eigenvalue weighted by Crippen LogP contribution is 2.28. The molecule has 2 fully saturated rings. The third-order valence-corrected chi connectivity index (χ3v) is 8.05. The molecule has 0 bridgehead atoms. The molecule has 2 aliphatic rings. The second kappa shape index (κ2) is 12.5. The van der Waals surface area contributed by atoms with Crippen molar-refractivity contribution in [1.82, 2.24) is 20.0 Å². The van der Waals surface area contributed by atoms with E-state index in [2.05, 4.69) is 116 Å². The maximum Gasteiger partial charge on any atom is 0.0773 e. The van der Waals surface area contributed by atoms with Crippen LogP contribution < -0.4 is 15.1 Å². The number of piperidine rings is 1. The molecule has 0 unspecified atom stereocenters.